The lowest BCUT2D eigenvalue weighted by Crippen LogP contribution is -2.49. The number of carbonyl (C=O) groups excluding carboxylic acids is 3. The zero-order chi connectivity index (χ0) is 11.3. The van der Waals surface area contributed by atoms with Crippen LogP contribution in [0.1, 0.15) is 12.8 Å². The summed E-state index contributed by atoms with van der Waals surface area (Å²) in [5, 5.41) is 7.53. The van der Waals surface area contributed by atoms with Crippen LogP contribution in [0.15, 0.2) is 0 Å². The molecular weight excluding hydrogens is 200 g/mol. The van der Waals surface area contributed by atoms with Gasteiger partial charge >= 0.3 is 6.03 Å². The van der Waals surface area contributed by atoms with Gasteiger partial charge in [-0.1, -0.05) is 0 Å². The van der Waals surface area contributed by atoms with Crippen LogP contribution in [-0.4, -0.2) is 37.0 Å². The quantitative estimate of drug-likeness (QED) is 0.437. The number of piperidine rings is 1. The van der Waals surface area contributed by atoms with Crippen molar-refractivity contribution >= 4 is 17.8 Å². The summed E-state index contributed by atoms with van der Waals surface area (Å²) in [5.41, 5.74) is 4.76. The van der Waals surface area contributed by atoms with E-state index in [1.54, 1.807) is 0 Å². The van der Waals surface area contributed by atoms with Gasteiger partial charge in [-0.15, -0.1) is 0 Å². The second kappa shape index (κ2) is 5.30. The molecule has 1 heterocycles. The Bertz CT molecular complexity index is 269. The summed E-state index contributed by atoms with van der Waals surface area (Å²) in [6.07, 6.45) is 1.14. The largest absolute Gasteiger partial charge is 0.355 e. The van der Waals surface area contributed by atoms with E-state index in [1.807, 2.05) is 5.32 Å². The molecule has 1 fully saturated rings. The summed E-state index contributed by atoms with van der Waals surface area (Å²) >= 11 is 0. The molecule has 4 amide bonds. The van der Waals surface area contributed by atoms with Gasteiger partial charge in [0.2, 0.25) is 11.8 Å². The number of primary amides is 1. The number of hydrogen-bond acceptors (Lipinski definition) is 4. The van der Waals surface area contributed by atoms with Crippen LogP contribution in [-0.2, 0) is 9.59 Å². The molecule has 1 saturated heterocycles. The van der Waals surface area contributed by atoms with Crippen LogP contribution >= 0.6 is 0 Å². The number of imide groups is 1. The number of rotatable bonds is 3. The number of amides is 4. The fourth-order valence-electron chi connectivity index (χ4n) is 1.33. The topological polar surface area (TPSA) is 113 Å². The van der Waals surface area contributed by atoms with Crippen molar-refractivity contribution in [2.45, 2.75) is 18.9 Å². The van der Waals surface area contributed by atoms with Crippen LogP contribution in [0, 0.1) is 0 Å². The summed E-state index contributed by atoms with van der Waals surface area (Å²) in [4.78, 5) is 32.1. The molecule has 1 aliphatic rings. The maximum absolute atomic E-state index is 11.0. The van der Waals surface area contributed by atoms with Crippen molar-refractivity contribution in [2.24, 2.45) is 5.73 Å². The molecular formula is C8H14N4O3. The van der Waals surface area contributed by atoms with Crippen LogP contribution in [0.25, 0.3) is 0 Å². The van der Waals surface area contributed by atoms with Gasteiger partial charge in [-0.25, -0.2) is 4.79 Å². The van der Waals surface area contributed by atoms with E-state index >= 15 is 0 Å². The Morgan fingerprint density at radius 2 is 2.27 bits per heavy atom. The Balaban J connectivity index is 2.17. The van der Waals surface area contributed by atoms with Gasteiger partial charge in [0.1, 0.15) is 0 Å². The van der Waals surface area contributed by atoms with E-state index < -0.39 is 11.9 Å². The molecule has 1 aliphatic heterocycles. The molecule has 0 radical (unpaired) electrons. The van der Waals surface area contributed by atoms with Crippen molar-refractivity contribution in [1.82, 2.24) is 16.0 Å². The normalized spacial score (nSPS) is 20.5. The zero-order valence-electron chi connectivity index (χ0n) is 8.21. The number of urea groups is 1. The Kier molecular flexibility index (Phi) is 4.04. The number of hydrogen-bond donors (Lipinski definition) is 4. The van der Waals surface area contributed by atoms with Gasteiger partial charge in [0, 0.05) is 19.0 Å². The van der Waals surface area contributed by atoms with Crippen LogP contribution in [0.3, 0.4) is 0 Å². The molecule has 0 saturated carbocycles. The van der Waals surface area contributed by atoms with E-state index in [0.717, 1.165) is 0 Å². The third-order valence-corrected chi connectivity index (χ3v) is 2.08. The minimum Gasteiger partial charge on any atom is -0.355 e. The highest BCUT2D eigenvalue weighted by Gasteiger charge is 2.18. The number of nitrogens with one attached hydrogen (secondary N) is 3. The second-order valence-electron chi connectivity index (χ2n) is 3.33. The minimum atomic E-state index is -0.862. The lowest BCUT2D eigenvalue weighted by Gasteiger charge is -2.23. The standard InChI is InChI=1S/C8H14N4O3/c9-8(15)12-7(14)4-10-5-1-2-6(13)11-3-5/h5,10H,1-4H2,(H,11,13)(H3,9,12,14,15). The summed E-state index contributed by atoms with van der Waals surface area (Å²) in [6, 6.07) is -0.792. The molecule has 0 aromatic heterocycles. The first-order chi connectivity index (χ1) is 7.08. The lowest BCUT2D eigenvalue weighted by molar-refractivity contribution is -0.122. The molecule has 0 bridgehead atoms. The molecule has 0 spiro atoms. The average molecular weight is 214 g/mol. The smallest absolute Gasteiger partial charge is 0.318 e. The van der Waals surface area contributed by atoms with Crippen molar-refractivity contribution in [1.29, 1.82) is 0 Å². The summed E-state index contributed by atoms with van der Waals surface area (Å²) in [7, 11) is 0. The first kappa shape index (κ1) is 11.4. The Hall–Kier alpha value is -1.63. The Morgan fingerprint density at radius 3 is 2.80 bits per heavy atom. The highest BCUT2D eigenvalue weighted by Crippen LogP contribution is 2.01. The number of carbonyl (C=O) groups is 3. The fraction of sp³-hybridized carbons (Fsp3) is 0.625. The second-order valence-corrected chi connectivity index (χ2v) is 3.33. The maximum Gasteiger partial charge on any atom is 0.318 e. The van der Waals surface area contributed by atoms with Crippen molar-refractivity contribution in [3.05, 3.63) is 0 Å². The van der Waals surface area contributed by atoms with E-state index in [4.69, 9.17) is 5.73 Å². The molecule has 84 valence electrons. The molecule has 7 heteroatoms. The first-order valence-electron chi connectivity index (χ1n) is 4.67. The van der Waals surface area contributed by atoms with E-state index in [0.29, 0.717) is 19.4 Å². The van der Waals surface area contributed by atoms with Crippen LogP contribution in [0.4, 0.5) is 4.79 Å². The SMILES string of the molecule is NC(=O)NC(=O)CNC1CCC(=O)NC1. The monoisotopic (exact) mass is 214 g/mol. The molecule has 0 aromatic rings. The maximum atomic E-state index is 11.0. The van der Waals surface area contributed by atoms with Crippen molar-refractivity contribution in [3.63, 3.8) is 0 Å². The van der Waals surface area contributed by atoms with Gasteiger partial charge < -0.3 is 16.4 Å². The minimum absolute atomic E-state index is 0.0173. The number of nitrogens with two attached hydrogens (primary N) is 1. The summed E-state index contributed by atoms with van der Waals surface area (Å²) in [5.74, 6) is -0.450. The average Bonchev–Trinajstić information content (AvgIpc) is 2.16. The Labute approximate surface area is 86.8 Å². The van der Waals surface area contributed by atoms with Crippen molar-refractivity contribution < 1.29 is 14.4 Å². The molecule has 7 nitrogen and oxygen atoms in total. The van der Waals surface area contributed by atoms with E-state index in [2.05, 4.69) is 10.6 Å². The van der Waals surface area contributed by atoms with Crippen LogP contribution < -0.4 is 21.7 Å². The fourth-order valence-corrected chi connectivity index (χ4v) is 1.33. The predicted octanol–water partition coefficient (Wildman–Crippen LogP) is -1.95. The van der Waals surface area contributed by atoms with Crippen LogP contribution in [0.2, 0.25) is 0 Å². The van der Waals surface area contributed by atoms with Gasteiger partial charge in [-0.3, -0.25) is 14.9 Å². The van der Waals surface area contributed by atoms with Crippen molar-refractivity contribution in [2.75, 3.05) is 13.1 Å². The van der Waals surface area contributed by atoms with Gasteiger partial charge in [-0.2, -0.15) is 0 Å². The summed E-state index contributed by atoms with van der Waals surface area (Å²) < 4.78 is 0. The van der Waals surface area contributed by atoms with Gasteiger partial charge in [0.15, 0.2) is 0 Å². The van der Waals surface area contributed by atoms with Gasteiger partial charge in [0.25, 0.3) is 0 Å². The van der Waals surface area contributed by atoms with Crippen LogP contribution in [0.5, 0.6) is 0 Å². The van der Waals surface area contributed by atoms with E-state index in [9.17, 15) is 14.4 Å². The third-order valence-electron chi connectivity index (χ3n) is 2.08. The molecule has 5 N–H and O–H groups in total. The molecule has 0 aromatic carbocycles. The van der Waals surface area contributed by atoms with Gasteiger partial charge in [0.05, 0.1) is 6.54 Å². The molecule has 1 atom stereocenters. The predicted molar refractivity (Wildman–Crippen MR) is 51.8 cm³/mol. The highest BCUT2D eigenvalue weighted by molar-refractivity contribution is 5.94. The lowest BCUT2D eigenvalue weighted by atomic mass is 10.1. The molecule has 0 aliphatic carbocycles. The van der Waals surface area contributed by atoms with Gasteiger partial charge in [-0.05, 0) is 6.42 Å². The molecule has 1 rings (SSSR count). The van der Waals surface area contributed by atoms with Crippen molar-refractivity contribution in [3.8, 4) is 0 Å². The molecule has 15 heavy (non-hydrogen) atoms. The first-order valence-corrected chi connectivity index (χ1v) is 4.67. The van der Waals surface area contributed by atoms with E-state index in [1.165, 1.54) is 0 Å². The Morgan fingerprint density at radius 1 is 1.53 bits per heavy atom. The van der Waals surface area contributed by atoms with E-state index in [-0.39, 0.29) is 18.5 Å². The highest BCUT2D eigenvalue weighted by atomic mass is 16.2. The summed E-state index contributed by atoms with van der Waals surface area (Å²) in [6.45, 7) is 0.520. The third kappa shape index (κ3) is 4.41. The molecule has 1 unspecified atom stereocenters. The zero-order valence-corrected chi connectivity index (χ0v) is 8.21.